The summed E-state index contributed by atoms with van der Waals surface area (Å²) in [6, 6.07) is 0. The molecule has 20 heavy (non-hydrogen) atoms. The maximum absolute atomic E-state index is 12.7. The third kappa shape index (κ3) is 2.12. The van der Waals surface area contributed by atoms with Crippen LogP contribution in [0.1, 0.15) is 36.8 Å². The third-order valence-corrected chi connectivity index (χ3v) is 5.98. The number of aryl methyl sites for hydroxylation is 2. The van der Waals surface area contributed by atoms with Crippen LogP contribution in [0.2, 0.25) is 0 Å². The van der Waals surface area contributed by atoms with Crippen LogP contribution in [0.4, 0.5) is 5.13 Å². The van der Waals surface area contributed by atoms with Crippen LogP contribution in [-0.2, 0) is 4.79 Å². The minimum atomic E-state index is -0.137. The zero-order valence-corrected chi connectivity index (χ0v) is 13.4. The van der Waals surface area contributed by atoms with Crippen LogP contribution in [0.15, 0.2) is 0 Å². The monoisotopic (exact) mass is 293 g/mol. The van der Waals surface area contributed by atoms with Gasteiger partial charge in [-0.3, -0.25) is 4.79 Å². The predicted octanol–water partition coefficient (Wildman–Crippen LogP) is 2.60. The van der Waals surface area contributed by atoms with Crippen molar-refractivity contribution < 1.29 is 4.79 Å². The molecule has 0 radical (unpaired) electrons. The van der Waals surface area contributed by atoms with Gasteiger partial charge in [0.2, 0.25) is 5.91 Å². The smallest absolute Gasteiger partial charge is 0.230 e. The number of aromatic nitrogens is 1. The van der Waals surface area contributed by atoms with Gasteiger partial charge < -0.3 is 9.80 Å². The summed E-state index contributed by atoms with van der Waals surface area (Å²) in [5.41, 5.74) is 0.984. The highest BCUT2D eigenvalue weighted by molar-refractivity contribution is 7.15. The summed E-state index contributed by atoms with van der Waals surface area (Å²) >= 11 is 1.76. The highest BCUT2D eigenvalue weighted by atomic mass is 32.1. The molecule has 1 atom stereocenters. The SMILES string of the molecule is CCN1CCCC2(CCN(c3nc(C)c(C)s3)C2)C1=O. The quantitative estimate of drug-likeness (QED) is 0.841. The molecule has 1 aromatic rings. The van der Waals surface area contributed by atoms with Crippen molar-refractivity contribution in [2.75, 3.05) is 31.1 Å². The molecule has 2 aliphatic heterocycles. The van der Waals surface area contributed by atoms with E-state index in [-0.39, 0.29) is 5.41 Å². The molecule has 0 N–H and O–H groups in total. The Bertz CT molecular complexity index is 508. The van der Waals surface area contributed by atoms with Crippen LogP contribution in [0.3, 0.4) is 0 Å². The average molecular weight is 293 g/mol. The summed E-state index contributed by atoms with van der Waals surface area (Å²) in [4.78, 5) is 23.0. The van der Waals surface area contributed by atoms with E-state index in [0.29, 0.717) is 5.91 Å². The van der Waals surface area contributed by atoms with E-state index >= 15 is 0 Å². The topological polar surface area (TPSA) is 36.4 Å². The van der Waals surface area contributed by atoms with Crippen molar-refractivity contribution in [3.05, 3.63) is 10.6 Å². The van der Waals surface area contributed by atoms with Gasteiger partial charge in [0.05, 0.1) is 11.1 Å². The molecule has 0 aliphatic carbocycles. The van der Waals surface area contributed by atoms with Crippen molar-refractivity contribution in [1.29, 1.82) is 0 Å². The number of hydrogen-bond donors (Lipinski definition) is 0. The Hall–Kier alpha value is -1.10. The first kappa shape index (κ1) is 13.9. The molecular weight excluding hydrogens is 270 g/mol. The summed E-state index contributed by atoms with van der Waals surface area (Å²) in [7, 11) is 0. The summed E-state index contributed by atoms with van der Waals surface area (Å²) in [5.74, 6) is 0.374. The summed E-state index contributed by atoms with van der Waals surface area (Å²) in [5, 5.41) is 1.10. The first-order chi connectivity index (χ1) is 9.55. The lowest BCUT2D eigenvalue weighted by Crippen LogP contribution is -2.49. The van der Waals surface area contributed by atoms with Gasteiger partial charge in [0.15, 0.2) is 5.13 Å². The molecule has 2 fully saturated rings. The maximum atomic E-state index is 12.7. The van der Waals surface area contributed by atoms with Crippen LogP contribution in [0.5, 0.6) is 0 Å². The van der Waals surface area contributed by atoms with Crippen molar-refractivity contribution in [3.8, 4) is 0 Å². The highest BCUT2D eigenvalue weighted by Gasteiger charge is 2.48. The predicted molar refractivity (Wildman–Crippen MR) is 82.3 cm³/mol. The van der Waals surface area contributed by atoms with Gasteiger partial charge in [-0.05, 0) is 40.0 Å². The van der Waals surface area contributed by atoms with E-state index in [4.69, 9.17) is 0 Å². The molecule has 1 aromatic heterocycles. The Balaban J connectivity index is 1.80. The number of amides is 1. The molecule has 5 heteroatoms. The normalized spacial score (nSPS) is 26.9. The molecule has 0 aromatic carbocycles. The lowest BCUT2D eigenvalue weighted by molar-refractivity contribution is -0.144. The maximum Gasteiger partial charge on any atom is 0.230 e. The fourth-order valence-electron chi connectivity index (χ4n) is 3.46. The number of carbonyl (C=O) groups excluding carboxylic acids is 1. The van der Waals surface area contributed by atoms with E-state index in [1.807, 2.05) is 4.90 Å². The lowest BCUT2D eigenvalue weighted by Gasteiger charge is -2.38. The second kappa shape index (κ2) is 5.02. The number of likely N-dealkylation sites (tertiary alicyclic amines) is 1. The van der Waals surface area contributed by atoms with Crippen molar-refractivity contribution in [1.82, 2.24) is 9.88 Å². The average Bonchev–Trinajstić information content (AvgIpc) is 2.99. The van der Waals surface area contributed by atoms with Crippen molar-refractivity contribution >= 4 is 22.4 Å². The zero-order chi connectivity index (χ0) is 14.3. The number of carbonyl (C=O) groups is 1. The minimum Gasteiger partial charge on any atom is -0.347 e. The highest BCUT2D eigenvalue weighted by Crippen LogP contribution is 2.42. The molecular formula is C15H23N3OS. The summed E-state index contributed by atoms with van der Waals surface area (Å²) in [6.07, 6.45) is 3.17. The van der Waals surface area contributed by atoms with Crippen LogP contribution in [0, 0.1) is 19.3 Å². The molecule has 2 aliphatic rings. The molecule has 1 unspecified atom stereocenters. The van der Waals surface area contributed by atoms with E-state index in [2.05, 4.69) is 30.7 Å². The minimum absolute atomic E-state index is 0.137. The molecule has 3 heterocycles. The van der Waals surface area contributed by atoms with E-state index in [1.165, 1.54) is 4.88 Å². The lowest BCUT2D eigenvalue weighted by atomic mass is 9.78. The van der Waals surface area contributed by atoms with Crippen LogP contribution in [-0.4, -0.2) is 42.0 Å². The van der Waals surface area contributed by atoms with E-state index in [0.717, 1.165) is 56.3 Å². The second-order valence-electron chi connectivity index (χ2n) is 6.08. The second-order valence-corrected chi connectivity index (χ2v) is 7.26. The largest absolute Gasteiger partial charge is 0.347 e. The van der Waals surface area contributed by atoms with Gasteiger partial charge in [0, 0.05) is 31.1 Å². The van der Waals surface area contributed by atoms with E-state index < -0.39 is 0 Å². The molecule has 1 spiro atoms. The van der Waals surface area contributed by atoms with Crippen LogP contribution < -0.4 is 4.90 Å². The molecule has 4 nitrogen and oxygen atoms in total. The first-order valence-corrected chi connectivity index (χ1v) is 8.36. The molecule has 1 amide bonds. The van der Waals surface area contributed by atoms with Crippen molar-refractivity contribution in [3.63, 3.8) is 0 Å². The number of anilines is 1. The van der Waals surface area contributed by atoms with Gasteiger partial charge in [-0.2, -0.15) is 0 Å². The van der Waals surface area contributed by atoms with Gasteiger partial charge in [-0.1, -0.05) is 0 Å². The van der Waals surface area contributed by atoms with E-state index in [1.54, 1.807) is 11.3 Å². The molecule has 0 bridgehead atoms. The Kier molecular flexibility index (Phi) is 3.48. The molecule has 3 rings (SSSR count). The number of rotatable bonds is 2. The number of hydrogen-bond acceptors (Lipinski definition) is 4. The van der Waals surface area contributed by atoms with Crippen molar-refractivity contribution in [2.24, 2.45) is 5.41 Å². The number of nitrogens with zero attached hydrogens (tertiary/aromatic N) is 3. The number of thiazole rings is 1. The van der Waals surface area contributed by atoms with Crippen LogP contribution >= 0.6 is 11.3 Å². The Morgan fingerprint density at radius 2 is 2.10 bits per heavy atom. The van der Waals surface area contributed by atoms with Gasteiger partial charge in [-0.15, -0.1) is 11.3 Å². The molecule has 2 saturated heterocycles. The van der Waals surface area contributed by atoms with Crippen LogP contribution in [0.25, 0.3) is 0 Å². The van der Waals surface area contributed by atoms with Gasteiger partial charge in [-0.25, -0.2) is 4.98 Å². The fourth-order valence-corrected chi connectivity index (χ4v) is 4.39. The molecule has 0 saturated carbocycles. The zero-order valence-electron chi connectivity index (χ0n) is 12.6. The Labute approximate surface area is 124 Å². The molecule has 110 valence electrons. The van der Waals surface area contributed by atoms with E-state index in [9.17, 15) is 4.79 Å². The Morgan fingerprint density at radius 3 is 2.75 bits per heavy atom. The summed E-state index contributed by atoms with van der Waals surface area (Å²) < 4.78 is 0. The third-order valence-electron chi connectivity index (χ3n) is 4.85. The number of piperidine rings is 1. The summed E-state index contributed by atoms with van der Waals surface area (Å²) in [6.45, 7) is 9.86. The van der Waals surface area contributed by atoms with Gasteiger partial charge >= 0.3 is 0 Å². The first-order valence-electron chi connectivity index (χ1n) is 7.54. The van der Waals surface area contributed by atoms with Crippen molar-refractivity contribution in [2.45, 2.75) is 40.0 Å². The van der Waals surface area contributed by atoms with Gasteiger partial charge in [0.25, 0.3) is 0 Å². The fraction of sp³-hybridized carbons (Fsp3) is 0.733. The van der Waals surface area contributed by atoms with Gasteiger partial charge in [0.1, 0.15) is 0 Å². The standard InChI is InChI=1S/C15H23N3OS/c1-4-17-8-5-6-15(13(17)19)7-9-18(10-15)14-16-11(2)12(3)20-14/h4-10H2,1-3H3. The Morgan fingerprint density at radius 1 is 1.30 bits per heavy atom.